The Morgan fingerprint density at radius 3 is 2.70 bits per heavy atom. The SMILES string of the molecule is CNC(=O)c1c(-c2ccc(Cl)cc2)c(C#N)c(SCc2nn[nH]n2)[nH]c1=O. The molecule has 3 aromatic rings. The van der Waals surface area contributed by atoms with E-state index in [-0.39, 0.29) is 22.4 Å². The van der Waals surface area contributed by atoms with Gasteiger partial charge in [-0.25, -0.2) is 0 Å². The number of hydrogen-bond acceptors (Lipinski definition) is 7. The number of tetrazole rings is 1. The maximum absolute atomic E-state index is 12.6. The van der Waals surface area contributed by atoms with E-state index in [9.17, 15) is 14.9 Å². The molecule has 0 radical (unpaired) electrons. The Morgan fingerprint density at radius 1 is 1.37 bits per heavy atom. The highest BCUT2D eigenvalue weighted by atomic mass is 35.5. The highest BCUT2D eigenvalue weighted by Gasteiger charge is 2.24. The summed E-state index contributed by atoms with van der Waals surface area (Å²) in [6, 6.07) is 8.64. The number of carbonyl (C=O) groups is 1. The van der Waals surface area contributed by atoms with Gasteiger partial charge in [-0.2, -0.15) is 10.5 Å². The normalized spacial score (nSPS) is 10.4. The molecule has 0 saturated heterocycles. The van der Waals surface area contributed by atoms with Crippen LogP contribution in [0.3, 0.4) is 0 Å². The van der Waals surface area contributed by atoms with E-state index in [1.165, 1.54) is 7.05 Å². The Labute approximate surface area is 162 Å². The lowest BCUT2D eigenvalue weighted by Gasteiger charge is -2.13. The van der Waals surface area contributed by atoms with E-state index in [2.05, 4.69) is 37.0 Å². The molecule has 0 aliphatic carbocycles. The lowest BCUT2D eigenvalue weighted by atomic mass is 9.96. The highest BCUT2D eigenvalue weighted by molar-refractivity contribution is 7.98. The fraction of sp³-hybridized carbons (Fsp3) is 0.125. The van der Waals surface area contributed by atoms with Crippen LogP contribution in [0.1, 0.15) is 21.7 Å². The van der Waals surface area contributed by atoms with Gasteiger partial charge in [-0.1, -0.05) is 40.7 Å². The second-order valence-corrected chi connectivity index (χ2v) is 6.64. The van der Waals surface area contributed by atoms with Gasteiger partial charge in [0, 0.05) is 17.6 Å². The summed E-state index contributed by atoms with van der Waals surface area (Å²) in [4.78, 5) is 27.5. The molecule has 0 aliphatic rings. The van der Waals surface area contributed by atoms with Gasteiger partial charge in [0.2, 0.25) is 0 Å². The van der Waals surface area contributed by atoms with Crippen LogP contribution in [0.15, 0.2) is 34.1 Å². The lowest BCUT2D eigenvalue weighted by molar-refractivity contribution is 0.0962. The first-order chi connectivity index (χ1) is 13.0. The van der Waals surface area contributed by atoms with Crippen molar-refractivity contribution in [2.75, 3.05) is 7.05 Å². The molecule has 2 heterocycles. The number of rotatable bonds is 5. The average Bonchev–Trinajstić information content (AvgIpc) is 3.19. The Morgan fingerprint density at radius 2 is 2.11 bits per heavy atom. The molecular weight excluding hydrogens is 390 g/mol. The van der Waals surface area contributed by atoms with Gasteiger partial charge in [0.1, 0.15) is 11.6 Å². The summed E-state index contributed by atoms with van der Waals surface area (Å²) < 4.78 is 0. The van der Waals surface area contributed by atoms with Gasteiger partial charge >= 0.3 is 0 Å². The molecule has 0 spiro atoms. The lowest BCUT2D eigenvalue weighted by Crippen LogP contribution is -2.29. The number of pyridine rings is 1. The van der Waals surface area contributed by atoms with Crippen LogP contribution in [-0.4, -0.2) is 38.6 Å². The molecule has 0 unspecified atom stereocenters. The first kappa shape index (κ1) is 18.6. The largest absolute Gasteiger partial charge is 0.355 e. The summed E-state index contributed by atoms with van der Waals surface area (Å²) in [7, 11) is 1.42. The number of halogens is 1. The number of amides is 1. The maximum Gasteiger partial charge on any atom is 0.262 e. The first-order valence-corrected chi connectivity index (χ1v) is 8.95. The van der Waals surface area contributed by atoms with Gasteiger partial charge in [-0.05, 0) is 17.7 Å². The minimum atomic E-state index is -0.603. The van der Waals surface area contributed by atoms with E-state index in [4.69, 9.17) is 11.6 Å². The van der Waals surface area contributed by atoms with E-state index in [1.807, 2.05) is 0 Å². The van der Waals surface area contributed by atoms with Crippen molar-refractivity contribution in [2.45, 2.75) is 10.8 Å². The van der Waals surface area contributed by atoms with Gasteiger partial charge < -0.3 is 10.3 Å². The molecule has 136 valence electrons. The van der Waals surface area contributed by atoms with Crippen molar-refractivity contribution in [2.24, 2.45) is 0 Å². The van der Waals surface area contributed by atoms with Crippen molar-refractivity contribution >= 4 is 29.3 Å². The summed E-state index contributed by atoms with van der Waals surface area (Å²) in [6.07, 6.45) is 0. The molecule has 2 aromatic heterocycles. The summed E-state index contributed by atoms with van der Waals surface area (Å²) in [5, 5.41) is 26.5. The van der Waals surface area contributed by atoms with Crippen LogP contribution in [0.25, 0.3) is 11.1 Å². The molecular formula is C16H12ClN7O2S. The zero-order chi connectivity index (χ0) is 19.4. The summed E-state index contributed by atoms with van der Waals surface area (Å²) >= 11 is 7.10. The Bertz CT molecular complexity index is 1070. The third kappa shape index (κ3) is 3.84. The van der Waals surface area contributed by atoms with Crippen LogP contribution in [0.2, 0.25) is 5.02 Å². The highest BCUT2D eigenvalue weighted by Crippen LogP contribution is 2.32. The fourth-order valence-corrected chi connectivity index (χ4v) is 3.40. The number of H-pyrrole nitrogens is 2. The molecule has 0 atom stereocenters. The number of carbonyl (C=O) groups excluding carboxylic acids is 1. The molecule has 0 aliphatic heterocycles. The van der Waals surface area contributed by atoms with Gasteiger partial charge in [-0.3, -0.25) is 9.59 Å². The van der Waals surface area contributed by atoms with Gasteiger partial charge in [0.05, 0.1) is 16.3 Å². The second-order valence-electron chi connectivity index (χ2n) is 5.22. The van der Waals surface area contributed by atoms with Crippen LogP contribution in [0, 0.1) is 11.3 Å². The quantitative estimate of drug-likeness (QED) is 0.553. The summed E-state index contributed by atoms with van der Waals surface area (Å²) in [6.45, 7) is 0. The third-order valence-electron chi connectivity index (χ3n) is 3.61. The van der Waals surface area contributed by atoms with Crippen molar-refractivity contribution < 1.29 is 4.79 Å². The molecule has 0 fully saturated rings. The Balaban J connectivity index is 2.19. The predicted octanol–water partition coefficient (Wildman–Crippen LogP) is 1.73. The molecule has 1 amide bonds. The number of nitriles is 1. The Kier molecular flexibility index (Phi) is 5.54. The number of aromatic nitrogens is 5. The fourth-order valence-electron chi connectivity index (χ4n) is 2.42. The van der Waals surface area contributed by atoms with Crippen molar-refractivity contribution in [3.05, 3.63) is 56.6 Å². The topological polar surface area (TPSA) is 140 Å². The van der Waals surface area contributed by atoms with Crippen LogP contribution in [-0.2, 0) is 5.75 Å². The van der Waals surface area contributed by atoms with E-state index in [0.29, 0.717) is 21.4 Å². The molecule has 1 aromatic carbocycles. The minimum absolute atomic E-state index is 0.139. The zero-order valence-corrected chi connectivity index (χ0v) is 15.5. The summed E-state index contributed by atoms with van der Waals surface area (Å²) in [5.74, 6) is 0.0983. The van der Waals surface area contributed by atoms with E-state index in [0.717, 1.165) is 11.8 Å². The van der Waals surface area contributed by atoms with E-state index in [1.54, 1.807) is 24.3 Å². The minimum Gasteiger partial charge on any atom is -0.355 e. The van der Waals surface area contributed by atoms with Crippen LogP contribution in [0.5, 0.6) is 0 Å². The number of benzene rings is 1. The number of nitrogens with zero attached hydrogens (tertiary/aromatic N) is 4. The van der Waals surface area contributed by atoms with E-state index >= 15 is 0 Å². The van der Waals surface area contributed by atoms with Crippen molar-refractivity contribution in [1.29, 1.82) is 5.26 Å². The molecule has 11 heteroatoms. The smallest absolute Gasteiger partial charge is 0.262 e. The zero-order valence-electron chi connectivity index (χ0n) is 13.9. The molecule has 3 N–H and O–H groups in total. The van der Waals surface area contributed by atoms with Crippen molar-refractivity contribution in [3.8, 4) is 17.2 Å². The third-order valence-corrected chi connectivity index (χ3v) is 4.86. The molecule has 9 nitrogen and oxygen atoms in total. The maximum atomic E-state index is 12.6. The second kappa shape index (κ2) is 8.03. The number of hydrogen-bond donors (Lipinski definition) is 3. The molecule has 27 heavy (non-hydrogen) atoms. The number of thioether (sulfide) groups is 1. The summed E-state index contributed by atoms with van der Waals surface area (Å²) in [5.41, 5.74) is 0.202. The predicted molar refractivity (Wildman–Crippen MR) is 99.4 cm³/mol. The van der Waals surface area contributed by atoms with Crippen molar-refractivity contribution in [1.82, 2.24) is 30.9 Å². The van der Waals surface area contributed by atoms with Gasteiger partial charge in [0.15, 0.2) is 5.82 Å². The Hall–Kier alpha value is -3.16. The van der Waals surface area contributed by atoms with E-state index < -0.39 is 11.5 Å². The average molecular weight is 402 g/mol. The number of nitrogens with one attached hydrogen (secondary N) is 3. The molecule has 3 rings (SSSR count). The monoisotopic (exact) mass is 401 g/mol. The van der Waals surface area contributed by atoms with Crippen LogP contribution in [0.4, 0.5) is 0 Å². The van der Waals surface area contributed by atoms with Gasteiger partial charge in [-0.15, -0.1) is 10.2 Å². The van der Waals surface area contributed by atoms with Crippen LogP contribution >= 0.6 is 23.4 Å². The first-order valence-electron chi connectivity index (χ1n) is 7.58. The molecule has 0 saturated carbocycles. The van der Waals surface area contributed by atoms with Crippen molar-refractivity contribution in [3.63, 3.8) is 0 Å². The molecule has 0 bridgehead atoms. The van der Waals surface area contributed by atoms with Crippen LogP contribution < -0.4 is 10.9 Å². The number of aromatic amines is 2. The standard InChI is InChI=1S/C16H12ClN7O2S/c1-19-14(25)13-12(8-2-4-9(17)5-3-8)10(6-18)16(20-15(13)26)27-7-11-21-23-24-22-11/h2-5H,7H2,1H3,(H,19,25)(H,20,26)(H,21,22,23,24). The van der Waals surface area contributed by atoms with Gasteiger partial charge in [0.25, 0.3) is 11.5 Å².